The van der Waals surface area contributed by atoms with Crippen LogP contribution in [-0.4, -0.2) is 4.98 Å². The van der Waals surface area contributed by atoms with Crippen molar-refractivity contribution in [2.75, 3.05) is 0 Å². The van der Waals surface area contributed by atoms with Gasteiger partial charge in [0, 0.05) is 5.56 Å². The summed E-state index contributed by atoms with van der Waals surface area (Å²) in [6, 6.07) is 14.3. The minimum Gasteiger partial charge on any atom is -0.246 e. The van der Waals surface area contributed by atoms with E-state index in [1.807, 2.05) is 24.3 Å². The van der Waals surface area contributed by atoms with Gasteiger partial charge in [0.2, 0.25) is 0 Å². The predicted molar refractivity (Wildman–Crippen MR) is 67.2 cm³/mol. The van der Waals surface area contributed by atoms with Gasteiger partial charge < -0.3 is 0 Å². The molecule has 0 N–H and O–H groups in total. The highest BCUT2D eigenvalue weighted by molar-refractivity contribution is 5.59. The van der Waals surface area contributed by atoms with Crippen LogP contribution >= 0.6 is 0 Å². The van der Waals surface area contributed by atoms with Gasteiger partial charge in [-0.2, -0.15) is 0 Å². The molecule has 0 saturated carbocycles. The molecule has 0 saturated heterocycles. The second kappa shape index (κ2) is 4.09. The summed E-state index contributed by atoms with van der Waals surface area (Å²) in [6.45, 7) is 6.60. The molecule has 0 unspecified atom stereocenters. The minimum atomic E-state index is 0.142. The first-order valence-electron chi connectivity index (χ1n) is 5.51. The van der Waals surface area contributed by atoms with Gasteiger partial charge in [-0.25, -0.2) is 4.98 Å². The molecule has 0 aliphatic heterocycles. The first-order valence-corrected chi connectivity index (χ1v) is 5.51. The van der Waals surface area contributed by atoms with E-state index in [9.17, 15) is 0 Å². The third-order valence-electron chi connectivity index (χ3n) is 2.63. The first-order chi connectivity index (χ1) is 7.57. The number of benzene rings is 1. The van der Waals surface area contributed by atoms with Gasteiger partial charge in [0.05, 0.1) is 11.9 Å². The molecule has 1 radical (unpaired) electrons. The lowest BCUT2D eigenvalue weighted by atomic mass is 9.87. The maximum Gasteiger partial charge on any atom is 0.0897 e. The van der Waals surface area contributed by atoms with Crippen LogP contribution in [0.1, 0.15) is 26.3 Å². The van der Waals surface area contributed by atoms with Crippen molar-refractivity contribution in [1.29, 1.82) is 0 Å². The molecule has 2 rings (SSSR count). The zero-order valence-electron chi connectivity index (χ0n) is 9.99. The maximum atomic E-state index is 4.30. The highest BCUT2D eigenvalue weighted by Gasteiger charge is 2.14. The van der Waals surface area contributed by atoms with Crippen molar-refractivity contribution in [2.45, 2.75) is 26.2 Å². The zero-order valence-corrected chi connectivity index (χ0v) is 9.99. The van der Waals surface area contributed by atoms with Gasteiger partial charge >= 0.3 is 0 Å². The van der Waals surface area contributed by atoms with Crippen molar-refractivity contribution >= 4 is 0 Å². The molecule has 0 bridgehead atoms. The minimum absolute atomic E-state index is 0.142. The van der Waals surface area contributed by atoms with Gasteiger partial charge in [-0.1, -0.05) is 51.1 Å². The standard InChI is InChI=1S/C15H16N/c1-15(2,3)13-9-10-16-14(11-13)12-7-5-4-6-8-12/h4-9,11H,1-3H3. The number of hydrogen-bond acceptors (Lipinski definition) is 1. The predicted octanol–water partition coefficient (Wildman–Crippen LogP) is 3.85. The molecule has 16 heavy (non-hydrogen) atoms. The smallest absolute Gasteiger partial charge is 0.0897 e. The number of aromatic nitrogens is 1. The molecule has 81 valence electrons. The maximum absolute atomic E-state index is 4.30. The number of nitrogens with zero attached hydrogens (tertiary/aromatic N) is 1. The molecule has 1 aromatic carbocycles. The fourth-order valence-corrected chi connectivity index (χ4v) is 1.58. The Balaban J connectivity index is 2.45. The van der Waals surface area contributed by atoms with Gasteiger partial charge in [0.15, 0.2) is 0 Å². The van der Waals surface area contributed by atoms with Crippen molar-refractivity contribution in [2.24, 2.45) is 0 Å². The Morgan fingerprint density at radius 2 is 1.75 bits per heavy atom. The third kappa shape index (κ3) is 2.30. The Morgan fingerprint density at radius 1 is 1.06 bits per heavy atom. The largest absolute Gasteiger partial charge is 0.246 e. The summed E-state index contributed by atoms with van der Waals surface area (Å²) < 4.78 is 0. The van der Waals surface area contributed by atoms with E-state index in [1.54, 1.807) is 0 Å². The second-order valence-electron chi connectivity index (χ2n) is 4.99. The van der Waals surface area contributed by atoms with Crippen LogP contribution in [0.2, 0.25) is 0 Å². The van der Waals surface area contributed by atoms with Crippen LogP contribution in [0.25, 0.3) is 11.3 Å². The monoisotopic (exact) mass is 210 g/mol. The summed E-state index contributed by atoms with van der Waals surface area (Å²) >= 11 is 0. The quantitative estimate of drug-likeness (QED) is 0.696. The number of pyridine rings is 1. The Kier molecular flexibility index (Phi) is 2.78. The van der Waals surface area contributed by atoms with E-state index in [0.29, 0.717) is 0 Å². The highest BCUT2D eigenvalue weighted by Crippen LogP contribution is 2.25. The average molecular weight is 210 g/mol. The Bertz CT molecular complexity index is 466. The summed E-state index contributed by atoms with van der Waals surface area (Å²) in [6.07, 6.45) is 2.98. The van der Waals surface area contributed by atoms with Crippen LogP contribution < -0.4 is 0 Å². The summed E-state index contributed by atoms with van der Waals surface area (Å²) in [5.74, 6) is 0. The van der Waals surface area contributed by atoms with E-state index in [0.717, 1.165) is 11.3 Å². The molecule has 0 aliphatic carbocycles. The van der Waals surface area contributed by atoms with E-state index < -0.39 is 0 Å². The molecule has 0 atom stereocenters. The van der Waals surface area contributed by atoms with Crippen molar-refractivity contribution in [3.05, 3.63) is 54.2 Å². The average Bonchev–Trinajstić information content (AvgIpc) is 2.29. The summed E-state index contributed by atoms with van der Waals surface area (Å²) in [7, 11) is 0. The molecule has 0 fully saturated rings. The van der Waals surface area contributed by atoms with Gasteiger partial charge in [0.1, 0.15) is 0 Å². The van der Waals surface area contributed by atoms with E-state index in [1.165, 1.54) is 5.56 Å². The first kappa shape index (κ1) is 10.9. The fraction of sp³-hybridized carbons (Fsp3) is 0.267. The molecule has 1 aromatic heterocycles. The molecule has 2 aromatic rings. The van der Waals surface area contributed by atoms with Crippen LogP contribution in [0.4, 0.5) is 0 Å². The van der Waals surface area contributed by atoms with Crippen LogP contribution in [0.5, 0.6) is 0 Å². The van der Waals surface area contributed by atoms with Crippen molar-refractivity contribution in [3.8, 4) is 11.3 Å². The lowest BCUT2D eigenvalue weighted by Crippen LogP contribution is -2.11. The van der Waals surface area contributed by atoms with Crippen molar-refractivity contribution in [3.63, 3.8) is 0 Å². The molecule has 1 nitrogen and oxygen atoms in total. The summed E-state index contributed by atoms with van der Waals surface area (Å²) in [4.78, 5) is 4.30. The molecule has 1 heteroatoms. The summed E-state index contributed by atoms with van der Waals surface area (Å²) in [5, 5.41) is 0. The lowest BCUT2D eigenvalue weighted by Gasteiger charge is -2.19. The van der Waals surface area contributed by atoms with Gasteiger partial charge in [-0.05, 0) is 23.1 Å². The highest BCUT2D eigenvalue weighted by atomic mass is 14.7. The van der Waals surface area contributed by atoms with Gasteiger partial charge in [0.25, 0.3) is 0 Å². The van der Waals surface area contributed by atoms with Crippen LogP contribution in [0, 0.1) is 6.20 Å². The Morgan fingerprint density at radius 3 is 2.38 bits per heavy atom. The topological polar surface area (TPSA) is 12.9 Å². The zero-order chi connectivity index (χ0) is 11.6. The van der Waals surface area contributed by atoms with Crippen molar-refractivity contribution in [1.82, 2.24) is 4.98 Å². The van der Waals surface area contributed by atoms with Gasteiger partial charge in [-0.3, -0.25) is 0 Å². The Labute approximate surface area is 97.2 Å². The van der Waals surface area contributed by atoms with Gasteiger partial charge in [-0.15, -0.1) is 0 Å². The van der Waals surface area contributed by atoms with E-state index in [2.05, 4.69) is 50.2 Å². The molecule has 1 heterocycles. The van der Waals surface area contributed by atoms with Crippen molar-refractivity contribution < 1.29 is 0 Å². The summed E-state index contributed by atoms with van der Waals surface area (Å²) in [5.41, 5.74) is 3.54. The normalized spacial score (nSPS) is 11.4. The van der Waals surface area contributed by atoms with Crippen LogP contribution in [0.15, 0.2) is 42.5 Å². The number of hydrogen-bond donors (Lipinski definition) is 0. The molecular weight excluding hydrogens is 194 g/mol. The second-order valence-corrected chi connectivity index (χ2v) is 4.99. The van der Waals surface area contributed by atoms with Crippen LogP contribution in [0.3, 0.4) is 0 Å². The Hall–Kier alpha value is -1.63. The lowest BCUT2D eigenvalue weighted by molar-refractivity contribution is 0.589. The van der Waals surface area contributed by atoms with E-state index in [4.69, 9.17) is 0 Å². The number of rotatable bonds is 1. The van der Waals surface area contributed by atoms with Crippen LogP contribution in [-0.2, 0) is 5.41 Å². The SMILES string of the molecule is CC(C)(C)c1c[c]nc(-c2ccccc2)c1. The molecule has 0 amide bonds. The molecule has 0 aliphatic rings. The van der Waals surface area contributed by atoms with E-state index in [-0.39, 0.29) is 5.41 Å². The van der Waals surface area contributed by atoms with E-state index >= 15 is 0 Å². The fourth-order valence-electron chi connectivity index (χ4n) is 1.58. The molecular formula is C15H16N. The third-order valence-corrected chi connectivity index (χ3v) is 2.63. The molecule has 0 spiro atoms.